The molecule has 544 valence electrons. The lowest BCUT2D eigenvalue weighted by Gasteiger charge is -2.24. The smallest absolute Gasteiger partial charge is 0.410 e. The van der Waals surface area contributed by atoms with Crippen LogP contribution < -0.4 is 21.7 Å². The Balaban J connectivity index is 0.000000147. The van der Waals surface area contributed by atoms with Crippen molar-refractivity contribution in [2.45, 2.75) is 179 Å². The average molecular weight is 1420 g/mol. The van der Waals surface area contributed by atoms with Crippen LogP contribution in [0.15, 0.2) is 123 Å². The zero-order chi connectivity index (χ0) is 72.9. The molecule has 4 aromatic heterocycles. The summed E-state index contributed by atoms with van der Waals surface area (Å²) in [4.78, 5) is 109. The lowest BCUT2D eigenvalue weighted by molar-refractivity contribution is -0.112. The Morgan fingerprint density at radius 3 is 1.21 bits per heavy atom. The van der Waals surface area contributed by atoms with Crippen molar-refractivity contribution in [3.63, 3.8) is 0 Å². The molecule has 0 spiro atoms. The van der Waals surface area contributed by atoms with Gasteiger partial charge in [-0.2, -0.15) is 0 Å². The summed E-state index contributed by atoms with van der Waals surface area (Å²) in [6.07, 6.45) is 34.5. The number of carbonyl (C=O) groups is 6. The van der Waals surface area contributed by atoms with Crippen molar-refractivity contribution in [3.05, 3.63) is 180 Å². The molecular weight excluding hydrogens is 1310 g/mol. The van der Waals surface area contributed by atoms with E-state index < -0.39 is 17.2 Å². The molecule has 4 aliphatic heterocycles. The van der Waals surface area contributed by atoms with E-state index >= 15 is 0 Å². The number of aromatic nitrogens is 8. The number of nitrogens with one attached hydrogen (secondary N) is 3. The van der Waals surface area contributed by atoms with E-state index in [1.807, 2.05) is 96.0 Å². The number of carboxylic acids is 1. The molecule has 6 N–H and O–H groups in total. The minimum atomic E-state index is -0.994. The molecule has 4 saturated carbocycles. The summed E-state index contributed by atoms with van der Waals surface area (Å²) in [5.41, 5.74) is 11.9. The second-order valence-electron chi connectivity index (χ2n) is 29.5. The molecule has 0 radical (unpaired) electrons. The molecule has 4 saturated heterocycles. The topological polar surface area (TPSA) is 316 Å². The number of benzene rings is 2. The number of halogens is 1. The summed E-state index contributed by atoms with van der Waals surface area (Å²) >= 11 is 5.51. The molecule has 4 aliphatic carbocycles. The third-order valence-electron chi connectivity index (χ3n) is 18.1. The lowest BCUT2D eigenvalue weighted by atomic mass is 10.0. The summed E-state index contributed by atoms with van der Waals surface area (Å²) in [6, 6.07) is 12.9. The van der Waals surface area contributed by atoms with Crippen molar-refractivity contribution in [1.29, 1.82) is 0 Å². The maximum Gasteiger partial charge on any atom is 0.410 e. The van der Waals surface area contributed by atoms with Gasteiger partial charge in [-0.1, -0.05) is 13.2 Å². The fourth-order valence-corrected chi connectivity index (χ4v) is 11.9. The number of carboxylic acid groups (broad SMARTS) is 1. The molecule has 2 aromatic carbocycles. The number of carbonyl (C=O) groups excluding carboxylic acids is 5. The largest absolute Gasteiger partial charge is 0.478 e. The van der Waals surface area contributed by atoms with Gasteiger partial charge in [-0.05, 0) is 268 Å². The van der Waals surface area contributed by atoms with Gasteiger partial charge in [-0.15, -0.1) is 0 Å². The average Bonchev–Trinajstić information content (AvgIpc) is 1.58. The first kappa shape index (κ1) is 77.0. The number of nitrogens with zero attached hydrogens (tertiary/aromatic N) is 11. The Morgan fingerprint density at radius 1 is 0.510 bits per heavy atom. The summed E-state index contributed by atoms with van der Waals surface area (Å²) in [7, 11) is 0. The van der Waals surface area contributed by atoms with Crippen molar-refractivity contribution >= 4 is 58.9 Å². The van der Waals surface area contributed by atoms with Crippen LogP contribution in [0.5, 0.6) is 0 Å². The van der Waals surface area contributed by atoms with Crippen LogP contribution in [0.4, 0.5) is 21.0 Å². The summed E-state index contributed by atoms with van der Waals surface area (Å²) in [5, 5.41) is 17.5. The molecule has 24 nitrogen and oxygen atoms in total. The van der Waals surface area contributed by atoms with Crippen LogP contribution in [0.3, 0.4) is 0 Å². The van der Waals surface area contributed by atoms with Gasteiger partial charge in [0.25, 0.3) is 5.91 Å². The normalized spacial score (nSPS) is 19.6. The Labute approximate surface area is 604 Å². The van der Waals surface area contributed by atoms with Crippen LogP contribution in [-0.4, -0.2) is 165 Å². The first-order valence-corrected chi connectivity index (χ1v) is 36.1. The van der Waals surface area contributed by atoms with Crippen LogP contribution in [0.1, 0.15) is 203 Å². The van der Waals surface area contributed by atoms with Crippen LogP contribution in [0.2, 0.25) is 5.28 Å². The van der Waals surface area contributed by atoms with E-state index in [1.165, 1.54) is 110 Å². The van der Waals surface area contributed by atoms with E-state index in [2.05, 4.69) is 69.0 Å². The maximum absolute atomic E-state index is 12.8. The quantitative estimate of drug-likeness (QED) is 0.0444. The monoisotopic (exact) mass is 1410 g/mol. The number of hydrogen-bond donors (Lipinski definition) is 5. The van der Waals surface area contributed by atoms with Crippen LogP contribution >= 0.6 is 11.6 Å². The van der Waals surface area contributed by atoms with E-state index in [0.717, 1.165) is 126 Å². The van der Waals surface area contributed by atoms with Gasteiger partial charge in [-0.25, -0.2) is 54.3 Å². The van der Waals surface area contributed by atoms with Gasteiger partial charge in [0, 0.05) is 131 Å². The SMILES string of the molecule is C=CC(=O)Nc1ccc(C(=O)N2CC[C@@H](Cc3ncc(C4CC4)cn3)C2)cc1.C=CC(=O)Nc1ccc(C(=O)O)cc1.CC(C)(C)OC(=O)N1CC[C@@H](Cc2ncc(C3CC3)cn2)C1.CC(C)(C)OC(=O)N1CC[C@@H](N)C1.Clc1ncc(C2CC2)cn1.c1nc(C[C@@H]2CCNC2)ncc1C1CC1. The number of rotatable bonds is 16. The first-order valence-electron chi connectivity index (χ1n) is 35.7. The van der Waals surface area contributed by atoms with E-state index in [9.17, 15) is 28.8 Å². The summed E-state index contributed by atoms with van der Waals surface area (Å²) in [5.74, 6) is 5.64. The second kappa shape index (κ2) is 36.7. The van der Waals surface area contributed by atoms with E-state index in [4.69, 9.17) is 31.9 Å². The fourth-order valence-electron chi connectivity index (χ4n) is 11.8. The Hall–Kier alpha value is -9.13. The molecule has 14 rings (SSSR count). The van der Waals surface area contributed by atoms with Crippen molar-refractivity contribution in [1.82, 2.24) is 59.9 Å². The van der Waals surface area contributed by atoms with Gasteiger partial charge in [0.1, 0.15) is 28.7 Å². The van der Waals surface area contributed by atoms with E-state index in [0.29, 0.717) is 52.4 Å². The van der Waals surface area contributed by atoms with Gasteiger partial charge in [0.05, 0.1) is 5.56 Å². The molecule has 8 heterocycles. The molecule has 8 aliphatic rings. The first-order chi connectivity index (χ1) is 48.8. The van der Waals surface area contributed by atoms with Gasteiger partial charge < -0.3 is 51.0 Å². The third kappa shape index (κ3) is 26.4. The zero-order valence-corrected chi connectivity index (χ0v) is 60.5. The van der Waals surface area contributed by atoms with Crippen molar-refractivity contribution in [3.8, 4) is 0 Å². The Bertz CT molecular complexity index is 3740. The van der Waals surface area contributed by atoms with E-state index in [1.54, 1.807) is 34.1 Å². The summed E-state index contributed by atoms with van der Waals surface area (Å²) < 4.78 is 10.6. The molecule has 0 bridgehead atoms. The van der Waals surface area contributed by atoms with Crippen LogP contribution in [0, 0.1) is 17.8 Å². The number of nitrogens with two attached hydrogens (primary N) is 1. The zero-order valence-electron chi connectivity index (χ0n) is 59.8. The van der Waals surface area contributed by atoms with Crippen molar-refractivity contribution in [2.75, 3.05) is 63.0 Å². The number of aromatic carboxylic acids is 1. The molecule has 0 unspecified atom stereocenters. The van der Waals surface area contributed by atoms with E-state index in [-0.39, 0.29) is 41.5 Å². The lowest BCUT2D eigenvalue weighted by Crippen LogP contribution is -2.36. The maximum atomic E-state index is 12.8. The second-order valence-corrected chi connectivity index (χ2v) is 29.8. The highest BCUT2D eigenvalue weighted by molar-refractivity contribution is 6.28. The van der Waals surface area contributed by atoms with Gasteiger partial charge in [0.2, 0.25) is 17.1 Å². The minimum Gasteiger partial charge on any atom is -0.478 e. The number of hydrogen-bond acceptors (Lipinski definition) is 18. The van der Waals surface area contributed by atoms with Gasteiger partial charge in [-0.3, -0.25) is 14.4 Å². The third-order valence-corrected chi connectivity index (χ3v) is 18.3. The number of anilines is 2. The van der Waals surface area contributed by atoms with Crippen molar-refractivity contribution in [2.24, 2.45) is 23.5 Å². The number of ether oxygens (including phenoxy) is 2. The van der Waals surface area contributed by atoms with Crippen LogP contribution in [-0.2, 0) is 38.3 Å². The fraction of sp³-hybridized carbons (Fsp3) is 0.506. The number of amides is 5. The molecule has 4 atom stereocenters. The predicted octanol–water partition coefficient (Wildman–Crippen LogP) is 12.3. The highest BCUT2D eigenvalue weighted by Crippen LogP contribution is 2.42. The summed E-state index contributed by atoms with van der Waals surface area (Å²) in [6.45, 7) is 24.6. The van der Waals surface area contributed by atoms with Gasteiger partial charge >= 0.3 is 18.2 Å². The molecule has 102 heavy (non-hydrogen) atoms. The Morgan fingerprint density at radius 2 is 0.863 bits per heavy atom. The highest BCUT2D eigenvalue weighted by Gasteiger charge is 2.33. The van der Waals surface area contributed by atoms with Crippen molar-refractivity contribution < 1.29 is 43.3 Å². The molecular formula is C77H100ClN15O9. The molecule has 8 fully saturated rings. The standard InChI is InChI=1S/C22H24N4O2.C17H25N3O2.C12H17N3.C10H9NO3.C9H18N2O2.C7H7ClN2/c1-2-21(27)25-19-7-5-17(6-8-19)22(28)26-10-9-15(14-26)11-20-23-12-18(13-24-20)16-3-4-16;1-17(2,3)22-16(21)20-7-6-12(11-20)8-15-18-9-14(10-19-15)13-4-5-13;1-2-10(1)11-7-14-12(15-8-11)5-9-3-4-13-6-9;1-2-9(12)11-8-5-3-7(4-6-8)10(13)14;1-9(2,3)13-8(12)11-5-4-7(10)6-11;8-7-9-3-6(4-10-7)5-1-2-5/h2,5-8,12-13,15-16H,1,3-4,9-11,14H2,(H,25,27);9-10,12-13H,4-8,11H2,1-3H3;7-10,13H,1-6H2;2-6H,1H2,(H,11,12)(H,13,14);7H,4-6,10H2,1-3H3;3-5H,1-2H2/t15-;12-;9-;;7-;/m000.1./s1. The number of likely N-dealkylation sites (tertiary alicyclic amines) is 3. The molecule has 5 amide bonds. The molecule has 6 aromatic rings. The van der Waals surface area contributed by atoms with Gasteiger partial charge in [0.15, 0.2) is 0 Å². The predicted molar refractivity (Wildman–Crippen MR) is 391 cm³/mol. The Kier molecular flexibility index (Phi) is 27.7. The minimum absolute atomic E-state index is 0.0223. The highest BCUT2D eigenvalue weighted by atomic mass is 35.5. The van der Waals surface area contributed by atoms with Crippen LogP contribution in [0.25, 0.3) is 0 Å². The molecule has 25 heteroatoms.